The summed E-state index contributed by atoms with van der Waals surface area (Å²) in [4.78, 5) is 36.0. The summed E-state index contributed by atoms with van der Waals surface area (Å²) >= 11 is 11.9. The van der Waals surface area contributed by atoms with E-state index in [0.29, 0.717) is 17.2 Å². The molecule has 8 nitrogen and oxygen atoms in total. The van der Waals surface area contributed by atoms with Gasteiger partial charge >= 0.3 is 11.9 Å². The van der Waals surface area contributed by atoms with Crippen molar-refractivity contribution in [1.29, 1.82) is 0 Å². The molecule has 194 valence electrons. The van der Waals surface area contributed by atoms with E-state index in [1.54, 1.807) is 12.1 Å². The third-order valence-corrected chi connectivity index (χ3v) is 6.58. The molecule has 4 rings (SSSR count). The summed E-state index contributed by atoms with van der Waals surface area (Å²) in [7, 11) is 0. The number of nitrogens with one attached hydrogen (secondary N) is 1. The van der Waals surface area contributed by atoms with E-state index < -0.39 is 39.9 Å². The fourth-order valence-electron chi connectivity index (χ4n) is 3.21. The van der Waals surface area contributed by atoms with Gasteiger partial charge in [-0.2, -0.15) is 18.2 Å². The molecule has 3 aromatic carbocycles. The Morgan fingerprint density at radius 1 is 1.11 bits per heavy atom. The van der Waals surface area contributed by atoms with Crippen LogP contribution < -0.4 is 10.2 Å². The summed E-state index contributed by atoms with van der Waals surface area (Å²) in [5, 5.41) is 12.7. The van der Waals surface area contributed by atoms with Gasteiger partial charge in [0.1, 0.15) is 5.75 Å². The maximum atomic E-state index is 13.0. The van der Waals surface area contributed by atoms with Crippen molar-refractivity contribution in [2.24, 2.45) is 0 Å². The largest absolute Gasteiger partial charge is 0.449 e. The van der Waals surface area contributed by atoms with Crippen molar-refractivity contribution in [2.75, 3.05) is 0 Å². The van der Waals surface area contributed by atoms with Gasteiger partial charge in [-0.15, -0.1) is 0 Å². The van der Waals surface area contributed by atoms with Crippen LogP contribution in [0.3, 0.4) is 0 Å². The summed E-state index contributed by atoms with van der Waals surface area (Å²) in [6, 6.07) is 14.0. The molecule has 0 aromatic heterocycles. The van der Waals surface area contributed by atoms with Crippen molar-refractivity contribution in [3.63, 3.8) is 0 Å². The number of thioether (sulfide) groups is 1. The highest BCUT2D eigenvalue weighted by Gasteiger charge is 2.35. The molecule has 0 spiro atoms. The van der Waals surface area contributed by atoms with Crippen molar-refractivity contribution in [3.8, 4) is 11.5 Å². The second-order valence-corrected chi connectivity index (χ2v) is 9.65. The van der Waals surface area contributed by atoms with Crippen LogP contribution in [0.5, 0.6) is 11.5 Å². The predicted octanol–water partition coefficient (Wildman–Crippen LogP) is 6.61. The molecule has 1 saturated heterocycles. The number of benzene rings is 3. The zero-order valence-corrected chi connectivity index (χ0v) is 21.1. The summed E-state index contributed by atoms with van der Waals surface area (Å²) in [6.07, 6.45) is -3.39. The number of alkyl halides is 3. The molecule has 0 bridgehead atoms. The first-order chi connectivity index (χ1) is 17.9. The average molecular weight is 580 g/mol. The number of nitro groups is 1. The zero-order chi connectivity index (χ0) is 27.6. The van der Waals surface area contributed by atoms with E-state index in [2.05, 4.69) is 5.43 Å². The Kier molecular flexibility index (Phi) is 7.71. The fourth-order valence-corrected chi connectivity index (χ4v) is 4.50. The van der Waals surface area contributed by atoms with Crippen LogP contribution in [-0.2, 0) is 11.0 Å². The van der Waals surface area contributed by atoms with E-state index in [0.717, 1.165) is 22.8 Å². The first-order valence-corrected chi connectivity index (χ1v) is 12.0. The number of thiocarbonyl (C=S) groups is 1. The minimum Gasteiger partial charge on any atom is -0.449 e. The van der Waals surface area contributed by atoms with Gasteiger partial charge in [0, 0.05) is 22.2 Å². The van der Waals surface area contributed by atoms with E-state index in [-0.39, 0.29) is 26.1 Å². The third kappa shape index (κ3) is 5.96. The van der Waals surface area contributed by atoms with E-state index >= 15 is 0 Å². The van der Waals surface area contributed by atoms with Gasteiger partial charge in [-0.1, -0.05) is 41.6 Å². The molecular weight excluding hydrogens is 567 g/mol. The smallest absolute Gasteiger partial charge is 0.416 e. The predicted molar refractivity (Wildman–Crippen MR) is 139 cm³/mol. The van der Waals surface area contributed by atoms with Gasteiger partial charge in [0.2, 0.25) is 5.75 Å². The van der Waals surface area contributed by atoms with Crippen LogP contribution in [0.1, 0.15) is 21.5 Å². The number of hydrogen-bond acceptors (Lipinski definition) is 7. The maximum absolute atomic E-state index is 13.0. The van der Waals surface area contributed by atoms with Crippen LogP contribution in [0.15, 0.2) is 71.6 Å². The lowest BCUT2D eigenvalue weighted by Gasteiger charge is -2.15. The topological polar surface area (TPSA) is 102 Å². The third-order valence-electron chi connectivity index (χ3n) is 5.02. The normalized spacial score (nSPS) is 14.6. The van der Waals surface area contributed by atoms with Crippen LogP contribution in [0.2, 0.25) is 5.02 Å². The second kappa shape index (κ2) is 10.8. The number of rotatable bonds is 6. The van der Waals surface area contributed by atoms with Crippen molar-refractivity contribution >= 4 is 63.5 Å². The molecule has 0 atom stereocenters. The number of halogens is 4. The lowest BCUT2D eigenvalue weighted by molar-refractivity contribution is -0.385. The molecule has 0 saturated carbocycles. The standard InChI is InChI=1S/C24H13ClF3N3O5S2/c25-16-8-5-13(6-9-16)21(32)29-30-22(33)20(38-23(30)37)11-14-3-1-2-4-18(14)36-19-10-7-15(24(26,27)28)12-17(19)31(34)35/h1-12H,(H,29,32)/b20-11+. The monoisotopic (exact) mass is 579 g/mol. The number of carbonyl (C=O) groups excluding carboxylic acids is 2. The number of carbonyl (C=O) groups is 2. The summed E-state index contributed by atoms with van der Waals surface area (Å²) in [5.41, 5.74) is 0.863. The fraction of sp³-hybridized carbons (Fsp3) is 0.0417. The van der Waals surface area contributed by atoms with Crippen LogP contribution in [0.4, 0.5) is 18.9 Å². The molecule has 0 radical (unpaired) electrons. The molecule has 38 heavy (non-hydrogen) atoms. The van der Waals surface area contributed by atoms with Crippen LogP contribution in [-0.4, -0.2) is 26.1 Å². The zero-order valence-electron chi connectivity index (χ0n) is 18.7. The van der Waals surface area contributed by atoms with Crippen LogP contribution in [0, 0.1) is 10.1 Å². The Morgan fingerprint density at radius 2 is 1.79 bits per heavy atom. The van der Waals surface area contributed by atoms with E-state index in [4.69, 9.17) is 28.6 Å². The Balaban J connectivity index is 1.59. The molecule has 1 heterocycles. The lowest BCUT2D eigenvalue weighted by Crippen LogP contribution is -2.44. The molecular formula is C24H13ClF3N3O5S2. The average Bonchev–Trinajstić information content (AvgIpc) is 3.12. The Morgan fingerprint density at radius 3 is 2.45 bits per heavy atom. The molecule has 3 aromatic rings. The highest BCUT2D eigenvalue weighted by molar-refractivity contribution is 8.26. The number of nitro benzene ring substituents is 1. The molecule has 1 aliphatic rings. The Labute approximate surface area is 227 Å². The Hall–Kier alpha value is -3.94. The van der Waals surface area contributed by atoms with Gasteiger partial charge in [0.25, 0.3) is 11.8 Å². The number of para-hydroxylation sites is 1. The maximum Gasteiger partial charge on any atom is 0.416 e. The SMILES string of the molecule is O=C(NN1C(=O)/C(=C\c2ccccc2Oc2ccc(C(F)(F)F)cc2[N+](=O)[O-])SC1=S)c1ccc(Cl)cc1. The minimum atomic E-state index is -4.78. The minimum absolute atomic E-state index is 0.0332. The van der Waals surface area contributed by atoms with Gasteiger partial charge in [-0.3, -0.25) is 25.1 Å². The van der Waals surface area contributed by atoms with Gasteiger partial charge < -0.3 is 4.74 Å². The molecule has 1 fully saturated rings. The number of nitrogens with zero attached hydrogens (tertiary/aromatic N) is 2. The second-order valence-electron chi connectivity index (χ2n) is 7.54. The summed E-state index contributed by atoms with van der Waals surface area (Å²) in [5.74, 6) is -1.63. The molecule has 0 unspecified atom stereocenters. The number of amides is 2. The van der Waals surface area contributed by atoms with Gasteiger partial charge in [-0.05, 0) is 60.8 Å². The van der Waals surface area contributed by atoms with Crippen LogP contribution in [0.25, 0.3) is 6.08 Å². The van der Waals surface area contributed by atoms with Gasteiger partial charge in [-0.25, -0.2) is 0 Å². The van der Waals surface area contributed by atoms with Crippen molar-refractivity contribution in [3.05, 3.63) is 103 Å². The first kappa shape index (κ1) is 27.1. The summed E-state index contributed by atoms with van der Waals surface area (Å²) < 4.78 is 44.7. The van der Waals surface area contributed by atoms with Crippen LogP contribution >= 0.6 is 35.6 Å². The Bertz CT molecular complexity index is 1500. The highest BCUT2D eigenvalue weighted by Crippen LogP contribution is 2.39. The quantitative estimate of drug-likeness (QED) is 0.152. The molecule has 14 heteroatoms. The van der Waals surface area contributed by atoms with Crippen molar-refractivity contribution < 1.29 is 32.4 Å². The molecule has 2 amide bonds. The number of hydrogen-bond donors (Lipinski definition) is 1. The molecule has 1 aliphatic heterocycles. The highest BCUT2D eigenvalue weighted by atomic mass is 35.5. The molecule has 0 aliphatic carbocycles. The first-order valence-electron chi connectivity index (χ1n) is 10.4. The number of hydrazine groups is 1. The summed E-state index contributed by atoms with van der Waals surface area (Å²) in [6.45, 7) is 0. The van der Waals surface area contributed by atoms with E-state index in [1.165, 1.54) is 42.5 Å². The lowest BCUT2D eigenvalue weighted by atomic mass is 10.1. The van der Waals surface area contributed by atoms with Gasteiger partial charge in [0.15, 0.2) is 4.32 Å². The molecule has 1 N–H and O–H groups in total. The number of ether oxygens (including phenoxy) is 1. The van der Waals surface area contributed by atoms with E-state index in [1.807, 2.05) is 0 Å². The van der Waals surface area contributed by atoms with Gasteiger partial charge in [0.05, 0.1) is 15.4 Å². The van der Waals surface area contributed by atoms with Crippen molar-refractivity contribution in [2.45, 2.75) is 6.18 Å². The van der Waals surface area contributed by atoms with Crippen molar-refractivity contribution in [1.82, 2.24) is 10.4 Å². The van der Waals surface area contributed by atoms with E-state index in [9.17, 15) is 32.9 Å².